The normalized spacial score (nSPS) is 22.6. The summed E-state index contributed by atoms with van der Waals surface area (Å²) in [6, 6.07) is 9.70. The maximum absolute atomic E-state index is 11.1. The molecule has 1 atom stereocenters. The van der Waals surface area contributed by atoms with Crippen molar-refractivity contribution in [1.29, 1.82) is 0 Å². The van der Waals surface area contributed by atoms with E-state index in [0.717, 1.165) is 11.1 Å². The van der Waals surface area contributed by atoms with Gasteiger partial charge in [-0.2, -0.15) is 0 Å². The first-order valence-electron chi connectivity index (χ1n) is 5.95. The fourth-order valence-corrected chi connectivity index (χ4v) is 2.69. The van der Waals surface area contributed by atoms with Gasteiger partial charge < -0.3 is 9.84 Å². The Labute approximate surface area is 117 Å². The summed E-state index contributed by atoms with van der Waals surface area (Å²) in [6.45, 7) is 0.264. The maximum Gasteiger partial charge on any atom is 0.331 e. The molecule has 1 aliphatic rings. The van der Waals surface area contributed by atoms with Crippen LogP contribution in [0.2, 0.25) is 0 Å². The number of hydrogen-bond acceptors (Lipinski definition) is 2. The molecule has 4 heteroatoms. The number of hydrogen-bond donors (Lipinski definition) is 1. The van der Waals surface area contributed by atoms with Gasteiger partial charge in [0.15, 0.2) is 0 Å². The highest BCUT2D eigenvalue weighted by Gasteiger charge is 2.37. The molecule has 1 aromatic carbocycles. The van der Waals surface area contributed by atoms with E-state index in [1.54, 1.807) is 19.3 Å². The fraction of sp³-hybridized carbons (Fsp3) is 0.267. The zero-order chi connectivity index (χ0) is 13.9. The maximum atomic E-state index is 11.1. The fourth-order valence-electron chi connectivity index (χ4n) is 2.27. The van der Waals surface area contributed by atoms with Gasteiger partial charge in [0.05, 0.1) is 11.5 Å². The quantitative estimate of drug-likeness (QED) is 0.861. The van der Waals surface area contributed by atoms with E-state index in [1.165, 1.54) is 0 Å². The summed E-state index contributed by atoms with van der Waals surface area (Å²) in [6.07, 6.45) is 3.63. The number of carboxylic acids is 1. The van der Waals surface area contributed by atoms with Gasteiger partial charge in [-0.15, -0.1) is 11.6 Å². The minimum absolute atomic E-state index is 0.248. The Bertz CT molecular complexity index is 534. The SMILES string of the molecule is COCC1(Cl)CC(C(=O)O)=CC=C1c1ccccc1. The number of carbonyl (C=O) groups is 1. The van der Waals surface area contributed by atoms with Crippen LogP contribution in [-0.2, 0) is 9.53 Å². The molecule has 2 rings (SSSR count). The van der Waals surface area contributed by atoms with Gasteiger partial charge in [-0.1, -0.05) is 42.5 Å². The average molecular weight is 279 g/mol. The smallest absolute Gasteiger partial charge is 0.331 e. The highest BCUT2D eigenvalue weighted by Crippen LogP contribution is 2.41. The van der Waals surface area contributed by atoms with Gasteiger partial charge in [-0.3, -0.25) is 0 Å². The van der Waals surface area contributed by atoms with E-state index in [2.05, 4.69) is 0 Å². The Hall–Kier alpha value is -1.58. The average Bonchev–Trinajstić information content (AvgIpc) is 2.39. The topological polar surface area (TPSA) is 46.5 Å². The Morgan fingerprint density at radius 1 is 1.37 bits per heavy atom. The van der Waals surface area contributed by atoms with Crippen molar-refractivity contribution in [2.75, 3.05) is 13.7 Å². The summed E-state index contributed by atoms with van der Waals surface area (Å²) in [5.74, 6) is -0.940. The summed E-state index contributed by atoms with van der Waals surface area (Å²) in [5, 5.41) is 9.10. The van der Waals surface area contributed by atoms with Crippen LogP contribution in [-0.4, -0.2) is 29.7 Å². The lowest BCUT2D eigenvalue weighted by Gasteiger charge is -2.32. The highest BCUT2D eigenvalue weighted by molar-refractivity contribution is 6.31. The molecular formula is C15H15ClO3. The van der Waals surface area contributed by atoms with Crippen molar-refractivity contribution < 1.29 is 14.6 Å². The number of methoxy groups -OCH3 is 1. The van der Waals surface area contributed by atoms with E-state index in [9.17, 15) is 4.79 Å². The van der Waals surface area contributed by atoms with Crippen LogP contribution < -0.4 is 0 Å². The Balaban J connectivity index is 2.45. The van der Waals surface area contributed by atoms with Gasteiger partial charge in [0, 0.05) is 19.1 Å². The largest absolute Gasteiger partial charge is 0.478 e. The Morgan fingerprint density at radius 3 is 2.63 bits per heavy atom. The van der Waals surface area contributed by atoms with Crippen LogP contribution in [0, 0.1) is 0 Å². The molecule has 19 heavy (non-hydrogen) atoms. The molecule has 100 valence electrons. The van der Waals surface area contributed by atoms with Crippen molar-refractivity contribution in [3.63, 3.8) is 0 Å². The molecule has 0 spiro atoms. The molecule has 1 N–H and O–H groups in total. The number of allylic oxidation sites excluding steroid dienone is 2. The summed E-state index contributed by atoms with van der Waals surface area (Å²) < 4.78 is 5.17. The van der Waals surface area contributed by atoms with Crippen molar-refractivity contribution in [3.05, 3.63) is 53.6 Å². The standard InChI is InChI=1S/C15H15ClO3/c1-19-10-15(16)9-12(14(17)18)7-8-13(15)11-5-3-2-4-6-11/h2-8H,9-10H2,1H3,(H,17,18). The van der Waals surface area contributed by atoms with E-state index in [4.69, 9.17) is 21.4 Å². The summed E-state index contributed by atoms with van der Waals surface area (Å²) in [5.41, 5.74) is 2.17. The summed E-state index contributed by atoms with van der Waals surface area (Å²) in [7, 11) is 1.56. The lowest BCUT2D eigenvalue weighted by molar-refractivity contribution is -0.132. The van der Waals surface area contributed by atoms with Gasteiger partial charge in [0.25, 0.3) is 0 Å². The first kappa shape index (κ1) is 13.8. The molecule has 0 fully saturated rings. The minimum Gasteiger partial charge on any atom is -0.478 e. The molecular weight excluding hydrogens is 264 g/mol. The van der Waals surface area contributed by atoms with Crippen molar-refractivity contribution in [3.8, 4) is 0 Å². The van der Waals surface area contributed by atoms with Gasteiger partial charge in [-0.25, -0.2) is 4.79 Å². The number of benzene rings is 1. The second-order valence-corrected chi connectivity index (χ2v) is 5.24. The van der Waals surface area contributed by atoms with Crippen molar-refractivity contribution >= 4 is 23.1 Å². The van der Waals surface area contributed by atoms with Crippen molar-refractivity contribution in [2.24, 2.45) is 0 Å². The van der Waals surface area contributed by atoms with Gasteiger partial charge in [-0.05, 0) is 11.1 Å². The third-order valence-corrected chi connectivity index (χ3v) is 3.58. The molecule has 0 amide bonds. The number of halogens is 1. The van der Waals surface area contributed by atoms with Crippen LogP contribution in [0.15, 0.2) is 48.1 Å². The molecule has 0 aromatic heterocycles. The zero-order valence-corrected chi connectivity index (χ0v) is 11.4. The molecule has 1 aliphatic carbocycles. The Morgan fingerprint density at radius 2 is 2.05 bits per heavy atom. The van der Waals surface area contributed by atoms with Gasteiger partial charge >= 0.3 is 5.97 Å². The van der Waals surface area contributed by atoms with Crippen LogP contribution in [0.5, 0.6) is 0 Å². The van der Waals surface area contributed by atoms with E-state index >= 15 is 0 Å². The highest BCUT2D eigenvalue weighted by atomic mass is 35.5. The predicted molar refractivity (Wildman–Crippen MR) is 75.2 cm³/mol. The second-order valence-electron chi connectivity index (χ2n) is 4.52. The van der Waals surface area contributed by atoms with Crippen LogP contribution in [0.25, 0.3) is 5.57 Å². The summed E-state index contributed by atoms with van der Waals surface area (Å²) in [4.78, 5) is 10.3. The number of ether oxygens (including phenoxy) is 1. The van der Waals surface area contributed by atoms with Gasteiger partial charge in [0.1, 0.15) is 0 Å². The first-order chi connectivity index (χ1) is 9.07. The molecule has 1 unspecified atom stereocenters. The predicted octanol–water partition coefficient (Wildman–Crippen LogP) is 3.11. The third kappa shape index (κ3) is 2.88. The first-order valence-corrected chi connectivity index (χ1v) is 6.32. The van der Waals surface area contributed by atoms with Crippen molar-refractivity contribution in [2.45, 2.75) is 11.3 Å². The van der Waals surface area contributed by atoms with Crippen LogP contribution in [0.1, 0.15) is 12.0 Å². The second kappa shape index (κ2) is 5.59. The molecule has 0 aliphatic heterocycles. The molecule has 0 radical (unpaired) electrons. The third-order valence-electron chi connectivity index (χ3n) is 3.14. The monoisotopic (exact) mass is 278 g/mol. The van der Waals surface area contributed by atoms with Crippen LogP contribution in [0.3, 0.4) is 0 Å². The molecule has 3 nitrogen and oxygen atoms in total. The number of carboxylic acid groups (broad SMARTS) is 1. The van der Waals surface area contributed by atoms with E-state index in [1.807, 2.05) is 30.3 Å². The van der Waals surface area contributed by atoms with Gasteiger partial charge in [0.2, 0.25) is 0 Å². The minimum atomic E-state index is -0.940. The van der Waals surface area contributed by atoms with E-state index in [0.29, 0.717) is 5.57 Å². The summed E-state index contributed by atoms with van der Waals surface area (Å²) >= 11 is 6.62. The molecule has 0 saturated heterocycles. The lowest BCUT2D eigenvalue weighted by atomic mass is 9.83. The van der Waals surface area contributed by atoms with Crippen LogP contribution >= 0.6 is 11.6 Å². The number of rotatable bonds is 4. The lowest BCUT2D eigenvalue weighted by Crippen LogP contribution is -2.33. The zero-order valence-electron chi connectivity index (χ0n) is 10.6. The molecule has 0 bridgehead atoms. The molecule has 1 aromatic rings. The molecule has 0 heterocycles. The van der Waals surface area contributed by atoms with E-state index < -0.39 is 10.8 Å². The number of alkyl halides is 1. The molecule has 0 saturated carbocycles. The van der Waals surface area contributed by atoms with Crippen LogP contribution in [0.4, 0.5) is 0 Å². The number of aliphatic carboxylic acids is 1. The van der Waals surface area contributed by atoms with E-state index in [-0.39, 0.29) is 13.0 Å². The Kier molecular flexibility index (Phi) is 4.08. The van der Waals surface area contributed by atoms with Crippen molar-refractivity contribution in [1.82, 2.24) is 0 Å².